The average molecular weight is 459 g/mol. The maximum atomic E-state index is 14.6. The molecule has 0 radical (unpaired) electrons. The van der Waals surface area contributed by atoms with Crippen LogP contribution in [-0.4, -0.2) is 12.1 Å². The van der Waals surface area contributed by atoms with E-state index in [4.69, 9.17) is 20.9 Å². The third-order valence-corrected chi connectivity index (χ3v) is 5.98. The predicted molar refractivity (Wildman–Crippen MR) is 126 cm³/mol. The van der Waals surface area contributed by atoms with Crippen molar-refractivity contribution in [3.8, 4) is 5.75 Å². The molecule has 3 rings (SSSR count). The number of halogens is 2. The summed E-state index contributed by atoms with van der Waals surface area (Å²) in [6.45, 7) is 2.17. The van der Waals surface area contributed by atoms with Crippen molar-refractivity contribution in [1.29, 1.82) is 0 Å². The second kappa shape index (κ2) is 11.2. The highest BCUT2D eigenvalue weighted by molar-refractivity contribution is 5.87. The Balaban J connectivity index is 1.49. The van der Waals surface area contributed by atoms with Crippen molar-refractivity contribution in [3.63, 3.8) is 0 Å². The van der Waals surface area contributed by atoms with Crippen molar-refractivity contribution in [1.82, 2.24) is 0 Å². The van der Waals surface area contributed by atoms with Gasteiger partial charge in [-0.25, -0.2) is 4.79 Å². The Hall–Kier alpha value is -3.09. The molecule has 2 aromatic carbocycles. The van der Waals surface area contributed by atoms with E-state index in [1.165, 1.54) is 18.2 Å². The van der Waals surface area contributed by atoms with Crippen LogP contribution in [0.2, 0.25) is 0 Å². The number of hydrogen-bond acceptors (Lipinski definition) is 5. The van der Waals surface area contributed by atoms with Crippen LogP contribution in [0.5, 0.6) is 5.75 Å². The average Bonchev–Trinajstić information content (AvgIpc) is 2.77. The van der Waals surface area contributed by atoms with Crippen molar-refractivity contribution < 1.29 is 23.0 Å². The van der Waals surface area contributed by atoms with Gasteiger partial charge in [-0.1, -0.05) is 31.9 Å². The maximum absolute atomic E-state index is 14.6. The monoisotopic (exact) mass is 458 g/mol. The number of carbonyl (C=O) groups is 1. The molecule has 1 aliphatic carbocycles. The van der Waals surface area contributed by atoms with Crippen LogP contribution in [0, 0.1) is 11.8 Å². The van der Waals surface area contributed by atoms with Crippen LogP contribution < -0.4 is 16.2 Å². The van der Waals surface area contributed by atoms with Gasteiger partial charge in [0.25, 0.3) is 0 Å². The molecule has 0 spiro atoms. The molecule has 0 aliphatic heterocycles. The zero-order chi connectivity index (χ0) is 23.8. The second-order valence-corrected chi connectivity index (χ2v) is 8.69. The van der Waals surface area contributed by atoms with Crippen LogP contribution in [0.15, 0.2) is 48.5 Å². The van der Waals surface area contributed by atoms with Crippen LogP contribution >= 0.6 is 0 Å². The quantitative estimate of drug-likeness (QED) is 0.266. The number of anilines is 2. The Morgan fingerprint density at radius 2 is 1.70 bits per heavy atom. The first kappa shape index (κ1) is 24.6. The van der Waals surface area contributed by atoms with E-state index in [-0.39, 0.29) is 12.4 Å². The molecule has 0 heterocycles. The van der Waals surface area contributed by atoms with Gasteiger partial charge in [-0.2, -0.15) is 8.78 Å². The second-order valence-electron chi connectivity index (χ2n) is 8.69. The van der Waals surface area contributed by atoms with E-state index in [2.05, 4.69) is 6.92 Å². The standard InChI is InChI=1S/C26H32F2N2O3/c1-2-3-18-4-9-21(10-5-18)26(27,28)33-24-11-6-19(7-12-24)8-13-25(31)32-17-20-14-22(29)16-23(30)15-20/h6-8,11-16,18,21H,2-5,9-10,17,29-30H2,1H3/b13-8+. The number of carbonyl (C=O) groups excluding carboxylic acids is 1. The Morgan fingerprint density at radius 3 is 2.30 bits per heavy atom. The van der Waals surface area contributed by atoms with Gasteiger partial charge in [0.2, 0.25) is 0 Å². The molecule has 0 atom stereocenters. The van der Waals surface area contributed by atoms with Gasteiger partial charge in [0.05, 0.1) is 5.92 Å². The normalized spacial score (nSPS) is 18.9. The van der Waals surface area contributed by atoms with Crippen molar-refractivity contribution in [2.75, 3.05) is 11.5 Å². The zero-order valence-corrected chi connectivity index (χ0v) is 18.9. The van der Waals surface area contributed by atoms with E-state index in [1.54, 1.807) is 36.4 Å². The highest BCUT2D eigenvalue weighted by Gasteiger charge is 2.43. The third-order valence-electron chi connectivity index (χ3n) is 5.98. The van der Waals surface area contributed by atoms with Gasteiger partial charge in [-0.05, 0) is 79.1 Å². The zero-order valence-electron chi connectivity index (χ0n) is 18.9. The van der Waals surface area contributed by atoms with Gasteiger partial charge in [0.15, 0.2) is 0 Å². The number of nitrogen functional groups attached to an aromatic ring is 2. The number of esters is 1. The first-order valence-corrected chi connectivity index (χ1v) is 11.4. The summed E-state index contributed by atoms with van der Waals surface area (Å²) in [4.78, 5) is 12.0. The molecule has 5 nitrogen and oxygen atoms in total. The smallest absolute Gasteiger partial charge is 0.400 e. The van der Waals surface area contributed by atoms with Gasteiger partial charge in [0, 0.05) is 17.5 Å². The highest BCUT2D eigenvalue weighted by atomic mass is 19.3. The summed E-state index contributed by atoms with van der Waals surface area (Å²) in [5, 5.41) is 0. The molecular weight excluding hydrogens is 426 g/mol. The minimum atomic E-state index is -3.19. The fourth-order valence-electron chi connectivity index (χ4n) is 4.28. The van der Waals surface area contributed by atoms with E-state index in [0.717, 1.165) is 25.7 Å². The van der Waals surface area contributed by atoms with Gasteiger partial charge >= 0.3 is 12.1 Å². The topological polar surface area (TPSA) is 87.6 Å². The molecule has 0 saturated heterocycles. The van der Waals surface area contributed by atoms with E-state index >= 15 is 0 Å². The lowest BCUT2D eigenvalue weighted by atomic mass is 9.79. The number of ether oxygens (including phenoxy) is 2. The van der Waals surface area contributed by atoms with Crippen molar-refractivity contribution in [2.45, 2.75) is 58.2 Å². The number of rotatable bonds is 9. The van der Waals surface area contributed by atoms with Crippen LogP contribution in [-0.2, 0) is 16.1 Å². The predicted octanol–water partition coefficient (Wildman–Crippen LogP) is 6.19. The van der Waals surface area contributed by atoms with Gasteiger partial charge in [-0.3, -0.25) is 0 Å². The lowest BCUT2D eigenvalue weighted by Gasteiger charge is -2.33. The fraction of sp³-hybridized carbons (Fsp3) is 0.423. The molecule has 0 amide bonds. The molecule has 1 aliphatic rings. The summed E-state index contributed by atoms with van der Waals surface area (Å²) in [5.74, 6) is -0.629. The van der Waals surface area contributed by atoms with Crippen LogP contribution in [0.1, 0.15) is 56.6 Å². The molecule has 2 aromatic rings. The fourth-order valence-corrected chi connectivity index (χ4v) is 4.28. The van der Waals surface area contributed by atoms with Gasteiger partial charge in [-0.15, -0.1) is 0 Å². The molecule has 1 saturated carbocycles. The third kappa shape index (κ3) is 7.48. The van der Waals surface area contributed by atoms with E-state index in [1.807, 2.05) is 0 Å². The lowest BCUT2D eigenvalue weighted by molar-refractivity contribution is -0.223. The Morgan fingerprint density at radius 1 is 1.06 bits per heavy atom. The molecule has 4 N–H and O–H groups in total. The Labute approximate surface area is 193 Å². The summed E-state index contributed by atoms with van der Waals surface area (Å²) in [6.07, 6.45) is 4.48. The minimum Gasteiger partial charge on any atom is -0.458 e. The van der Waals surface area contributed by atoms with Crippen LogP contribution in [0.25, 0.3) is 6.08 Å². The molecular formula is C26H32F2N2O3. The maximum Gasteiger partial charge on any atom is 0.400 e. The summed E-state index contributed by atoms with van der Waals surface area (Å²) < 4.78 is 39.5. The summed E-state index contributed by atoms with van der Waals surface area (Å²) >= 11 is 0. The number of hydrogen-bond donors (Lipinski definition) is 2. The lowest BCUT2D eigenvalue weighted by Crippen LogP contribution is -2.37. The minimum absolute atomic E-state index is 0.0423. The van der Waals surface area contributed by atoms with E-state index < -0.39 is 18.0 Å². The van der Waals surface area contributed by atoms with Crippen LogP contribution in [0.4, 0.5) is 20.2 Å². The van der Waals surface area contributed by atoms with Gasteiger partial charge < -0.3 is 20.9 Å². The first-order valence-electron chi connectivity index (χ1n) is 11.4. The van der Waals surface area contributed by atoms with Crippen molar-refractivity contribution in [2.24, 2.45) is 11.8 Å². The SMILES string of the molecule is CCCC1CCC(C(F)(F)Oc2ccc(/C=C/C(=O)OCc3cc(N)cc(N)c3)cc2)CC1. The summed E-state index contributed by atoms with van der Waals surface area (Å²) in [7, 11) is 0. The van der Waals surface area contributed by atoms with Gasteiger partial charge in [0.1, 0.15) is 12.4 Å². The Kier molecular flexibility index (Phi) is 8.31. The number of alkyl halides is 2. The first-order chi connectivity index (χ1) is 15.7. The summed E-state index contributed by atoms with van der Waals surface area (Å²) in [6, 6.07) is 11.2. The number of benzene rings is 2. The summed E-state index contributed by atoms with van der Waals surface area (Å²) in [5.41, 5.74) is 13.8. The van der Waals surface area contributed by atoms with Crippen molar-refractivity contribution in [3.05, 3.63) is 59.7 Å². The molecule has 1 fully saturated rings. The molecule has 33 heavy (non-hydrogen) atoms. The molecule has 7 heteroatoms. The largest absolute Gasteiger partial charge is 0.458 e. The molecule has 178 valence electrons. The van der Waals surface area contributed by atoms with E-state index in [9.17, 15) is 13.6 Å². The number of nitrogens with two attached hydrogens (primary N) is 2. The molecule has 0 aromatic heterocycles. The van der Waals surface area contributed by atoms with Crippen LogP contribution in [0.3, 0.4) is 0 Å². The Bertz CT molecular complexity index is 932. The molecule has 0 unspecified atom stereocenters. The molecule has 0 bridgehead atoms. The van der Waals surface area contributed by atoms with Crippen molar-refractivity contribution >= 4 is 23.4 Å². The highest BCUT2D eigenvalue weighted by Crippen LogP contribution is 2.41. The van der Waals surface area contributed by atoms with E-state index in [0.29, 0.717) is 41.3 Å².